The second-order valence-electron chi connectivity index (χ2n) is 4.87. The van der Waals surface area contributed by atoms with Gasteiger partial charge in [0.15, 0.2) is 0 Å². The summed E-state index contributed by atoms with van der Waals surface area (Å²) in [4.78, 5) is 12.0. The molecule has 2 nitrogen and oxygen atoms in total. The van der Waals surface area contributed by atoms with Crippen molar-refractivity contribution in [3.8, 4) is 5.75 Å². The van der Waals surface area contributed by atoms with E-state index in [1.165, 1.54) is 5.56 Å². The molecule has 2 heteroatoms. The normalized spacial score (nSPS) is 10.2. The summed E-state index contributed by atoms with van der Waals surface area (Å²) in [5.41, 5.74) is 2.26. The molecule has 0 aliphatic rings. The van der Waals surface area contributed by atoms with Gasteiger partial charge in [-0.2, -0.15) is 0 Å². The molecular formula is C18H20O2. The lowest BCUT2D eigenvalue weighted by Gasteiger charge is -2.07. The lowest BCUT2D eigenvalue weighted by molar-refractivity contribution is -0.118. The largest absolute Gasteiger partial charge is 0.496 e. The lowest BCUT2D eigenvalue weighted by atomic mass is 10.0. The third-order valence-electron chi connectivity index (χ3n) is 3.34. The smallest absolute Gasteiger partial charge is 0.137 e. The summed E-state index contributed by atoms with van der Waals surface area (Å²) in [5.74, 6) is 1.06. The first-order valence-electron chi connectivity index (χ1n) is 6.97. The molecule has 0 heterocycles. The summed E-state index contributed by atoms with van der Waals surface area (Å²) in [6.45, 7) is 0. The molecule has 2 aromatic rings. The number of para-hydroxylation sites is 1. The fourth-order valence-corrected chi connectivity index (χ4v) is 2.28. The quantitative estimate of drug-likeness (QED) is 0.763. The number of Topliss-reactive ketones (excluding diaryl/α,β-unsaturated/α-hetero) is 1. The molecule has 0 spiro atoms. The van der Waals surface area contributed by atoms with E-state index >= 15 is 0 Å². The minimum atomic E-state index is 0.269. The minimum Gasteiger partial charge on any atom is -0.496 e. The third-order valence-corrected chi connectivity index (χ3v) is 3.34. The summed E-state index contributed by atoms with van der Waals surface area (Å²) in [5, 5.41) is 0. The molecule has 0 N–H and O–H groups in total. The topological polar surface area (TPSA) is 26.3 Å². The monoisotopic (exact) mass is 268 g/mol. The number of hydrogen-bond acceptors (Lipinski definition) is 2. The van der Waals surface area contributed by atoms with Gasteiger partial charge >= 0.3 is 0 Å². The Morgan fingerprint density at radius 1 is 1.00 bits per heavy atom. The van der Waals surface area contributed by atoms with Crippen LogP contribution < -0.4 is 4.74 Å². The molecule has 20 heavy (non-hydrogen) atoms. The van der Waals surface area contributed by atoms with E-state index < -0.39 is 0 Å². The molecule has 2 rings (SSSR count). The third kappa shape index (κ3) is 4.23. The number of carbonyl (C=O) groups excluding carboxylic acids is 1. The van der Waals surface area contributed by atoms with Crippen molar-refractivity contribution in [2.75, 3.05) is 7.11 Å². The number of hydrogen-bond donors (Lipinski definition) is 0. The first kappa shape index (κ1) is 14.3. The van der Waals surface area contributed by atoms with E-state index in [0.29, 0.717) is 12.8 Å². The summed E-state index contributed by atoms with van der Waals surface area (Å²) >= 11 is 0. The van der Waals surface area contributed by atoms with Gasteiger partial charge < -0.3 is 4.74 Å². The first-order chi connectivity index (χ1) is 9.79. The number of methoxy groups -OCH3 is 1. The molecule has 0 fully saturated rings. The van der Waals surface area contributed by atoms with Crippen LogP contribution in [0.4, 0.5) is 0 Å². The van der Waals surface area contributed by atoms with Gasteiger partial charge in [0.25, 0.3) is 0 Å². The highest BCUT2D eigenvalue weighted by molar-refractivity contribution is 5.81. The number of aryl methyl sites for hydroxylation is 1. The van der Waals surface area contributed by atoms with Crippen molar-refractivity contribution in [1.82, 2.24) is 0 Å². The standard InChI is InChI=1S/C18H20O2/c1-20-18-13-6-5-11-16(18)14-17(19)12-7-10-15-8-3-2-4-9-15/h2-6,8-9,11,13H,7,10,12,14H2,1H3. The van der Waals surface area contributed by atoms with Crippen molar-refractivity contribution in [2.45, 2.75) is 25.7 Å². The fraction of sp³-hybridized carbons (Fsp3) is 0.278. The Hall–Kier alpha value is -2.09. The summed E-state index contributed by atoms with van der Waals surface area (Å²) in [7, 11) is 1.64. The van der Waals surface area contributed by atoms with Gasteiger partial charge in [0.1, 0.15) is 11.5 Å². The predicted octanol–water partition coefficient (Wildman–Crippen LogP) is 3.83. The van der Waals surface area contributed by atoms with E-state index in [-0.39, 0.29) is 5.78 Å². The number of carbonyl (C=O) groups is 1. The second kappa shape index (κ2) is 7.49. The van der Waals surface area contributed by atoms with Gasteiger partial charge in [0.05, 0.1) is 7.11 Å². The van der Waals surface area contributed by atoms with Gasteiger partial charge in [-0.25, -0.2) is 0 Å². The number of benzene rings is 2. The predicted molar refractivity (Wildman–Crippen MR) is 81.1 cm³/mol. The Morgan fingerprint density at radius 2 is 1.70 bits per heavy atom. The van der Waals surface area contributed by atoms with E-state index in [1.807, 2.05) is 42.5 Å². The van der Waals surface area contributed by atoms with Crippen LogP contribution in [-0.4, -0.2) is 12.9 Å². The molecule has 0 saturated carbocycles. The van der Waals surface area contributed by atoms with Gasteiger partial charge in [0, 0.05) is 18.4 Å². The molecule has 0 bridgehead atoms. The molecule has 0 aromatic heterocycles. The van der Waals surface area contributed by atoms with Crippen LogP contribution in [0.2, 0.25) is 0 Å². The highest BCUT2D eigenvalue weighted by atomic mass is 16.5. The maximum Gasteiger partial charge on any atom is 0.137 e. The highest BCUT2D eigenvalue weighted by Gasteiger charge is 2.08. The molecule has 2 aromatic carbocycles. The molecule has 0 atom stereocenters. The van der Waals surface area contributed by atoms with Crippen LogP contribution in [0.5, 0.6) is 5.75 Å². The van der Waals surface area contributed by atoms with E-state index in [0.717, 1.165) is 24.2 Å². The van der Waals surface area contributed by atoms with Gasteiger partial charge in [0.2, 0.25) is 0 Å². The highest BCUT2D eigenvalue weighted by Crippen LogP contribution is 2.18. The van der Waals surface area contributed by atoms with Gasteiger partial charge in [-0.15, -0.1) is 0 Å². The van der Waals surface area contributed by atoms with Crippen LogP contribution in [-0.2, 0) is 17.6 Å². The average Bonchev–Trinajstić information content (AvgIpc) is 2.49. The fourth-order valence-electron chi connectivity index (χ4n) is 2.28. The van der Waals surface area contributed by atoms with E-state index in [1.54, 1.807) is 7.11 Å². The molecule has 0 radical (unpaired) electrons. The molecule has 0 unspecified atom stereocenters. The van der Waals surface area contributed by atoms with Crippen LogP contribution in [0.15, 0.2) is 54.6 Å². The van der Waals surface area contributed by atoms with Gasteiger partial charge in [-0.1, -0.05) is 48.5 Å². The number of ether oxygens (including phenoxy) is 1. The maximum absolute atomic E-state index is 12.0. The summed E-state index contributed by atoms with van der Waals surface area (Å²) < 4.78 is 5.27. The van der Waals surface area contributed by atoms with Crippen molar-refractivity contribution >= 4 is 5.78 Å². The first-order valence-corrected chi connectivity index (χ1v) is 6.97. The molecule has 0 aliphatic heterocycles. The zero-order chi connectivity index (χ0) is 14.2. The van der Waals surface area contributed by atoms with Crippen LogP contribution in [0.1, 0.15) is 24.0 Å². The molecule has 0 saturated heterocycles. The van der Waals surface area contributed by atoms with Gasteiger partial charge in [-0.05, 0) is 24.5 Å². The van der Waals surface area contributed by atoms with Crippen LogP contribution in [0.3, 0.4) is 0 Å². The lowest BCUT2D eigenvalue weighted by Crippen LogP contribution is -2.04. The van der Waals surface area contributed by atoms with Crippen molar-refractivity contribution in [2.24, 2.45) is 0 Å². The van der Waals surface area contributed by atoms with Crippen molar-refractivity contribution in [3.63, 3.8) is 0 Å². The number of rotatable bonds is 7. The van der Waals surface area contributed by atoms with E-state index in [2.05, 4.69) is 12.1 Å². The Labute approximate surface area is 120 Å². The molecule has 104 valence electrons. The van der Waals surface area contributed by atoms with Gasteiger partial charge in [-0.3, -0.25) is 4.79 Å². The summed E-state index contributed by atoms with van der Waals surface area (Å²) in [6.07, 6.45) is 2.93. The van der Waals surface area contributed by atoms with Crippen molar-refractivity contribution in [1.29, 1.82) is 0 Å². The van der Waals surface area contributed by atoms with Crippen LogP contribution in [0, 0.1) is 0 Å². The summed E-state index contributed by atoms with van der Waals surface area (Å²) in [6, 6.07) is 18.0. The Morgan fingerprint density at radius 3 is 2.45 bits per heavy atom. The maximum atomic E-state index is 12.0. The zero-order valence-electron chi connectivity index (χ0n) is 11.8. The van der Waals surface area contributed by atoms with Crippen molar-refractivity contribution in [3.05, 3.63) is 65.7 Å². The molecule has 0 amide bonds. The molecule has 0 aliphatic carbocycles. The Kier molecular flexibility index (Phi) is 5.36. The second-order valence-corrected chi connectivity index (χ2v) is 4.87. The molecular weight excluding hydrogens is 248 g/mol. The van der Waals surface area contributed by atoms with E-state index in [9.17, 15) is 4.79 Å². The SMILES string of the molecule is COc1ccccc1CC(=O)CCCc1ccccc1. The van der Waals surface area contributed by atoms with Crippen LogP contribution in [0.25, 0.3) is 0 Å². The Bertz CT molecular complexity index is 546. The Balaban J connectivity index is 1.81. The van der Waals surface area contributed by atoms with Crippen molar-refractivity contribution < 1.29 is 9.53 Å². The minimum absolute atomic E-state index is 0.269. The van der Waals surface area contributed by atoms with E-state index in [4.69, 9.17) is 4.74 Å². The zero-order valence-corrected chi connectivity index (χ0v) is 11.8. The number of ketones is 1. The van der Waals surface area contributed by atoms with Crippen LogP contribution >= 0.6 is 0 Å². The average molecular weight is 268 g/mol.